The van der Waals surface area contributed by atoms with E-state index in [1.54, 1.807) is 30.3 Å². The molecule has 3 aromatic rings. The number of carbonyl (C=O) groups excluding carboxylic acids is 1. The SMILES string of the molecule is Cc1ccccc1C(=O)Oc1ccc(-n2cnnn2)cc1. The molecule has 0 saturated carbocycles. The molecular weight excluding hydrogens is 268 g/mol. The molecule has 6 nitrogen and oxygen atoms in total. The van der Waals surface area contributed by atoms with Crippen LogP contribution in [0.2, 0.25) is 0 Å². The average molecular weight is 280 g/mol. The second-order valence-electron chi connectivity index (χ2n) is 4.45. The third-order valence-electron chi connectivity index (χ3n) is 3.03. The fourth-order valence-corrected chi connectivity index (χ4v) is 1.91. The molecule has 21 heavy (non-hydrogen) atoms. The molecule has 0 spiro atoms. The van der Waals surface area contributed by atoms with Crippen molar-refractivity contribution in [3.8, 4) is 11.4 Å². The van der Waals surface area contributed by atoms with Crippen LogP contribution in [-0.4, -0.2) is 26.2 Å². The van der Waals surface area contributed by atoms with Crippen LogP contribution in [0.15, 0.2) is 54.9 Å². The Labute approximate surface area is 121 Å². The molecule has 3 rings (SSSR count). The van der Waals surface area contributed by atoms with Gasteiger partial charge in [0, 0.05) is 0 Å². The van der Waals surface area contributed by atoms with E-state index in [1.165, 1.54) is 11.0 Å². The summed E-state index contributed by atoms with van der Waals surface area (Å²) in [6, 6.07) is 14.3. The molecule has 0 fully saturated rings. The van der Waals surface area contributed by atoms with Crippen molar-refractivity contribution in [1.82, 2.24) is 20.2 Å². The fourth-order valence-electron chi connectivity index (χ4n) is 1.91. The monoisotopic (exact) mass is 280 g/mol. The molecular formula is C15H12N4O2. The highest BCUT2D eigenvalue weighted by atomic mass is 16.5. The van der Waals surface area contributed by atoms with Crippen molar-refractivity contribution in [2.45, 2.75) is 6.92 Å². The maximum atomic E-state index is 12.1. The number of tetrazole rings is 1. The van der Waals surface area contributed by atoms with Crippen LogP contribution in [0.1, 0.15) is 15.9 Å². The molecule has 0 amide bonds. The zero-order chi connectivity index (χ0) is 14.7. The van der Waals surface area contributed by atoms with Gasteiger partial charge in [-0.2, -0.15) is 0 Å². The van der Waals surface area contributed by atoms with Gasteiger partial charge in [-0.1, -0.05) is 18.2 Å². The summed E-state index contributed by atoms with van der Waals surface area (Å²) in [6.45, 7) is 1.87. The standard InChI is InChI=1S/C15H12N4O2/c1-11-4-2-3-5-14(11)15(20)21-13-8-6-12(7-9-13)19-10-16-17-18-19/h2-10H,1H3. The number of ether oxygens (including phenoxy) is 1. The zero-order valence-corrected chi connectivity index (χ0v) is 11.3. The van der Waals surface area contributed by atoms with Gasteiger partial charge in [0.15, 0.2) is 0 Å². The van der Waals surface area contributed by atoms with Gasteiger partial charge in [0.05, 0.1) is 11.3 Å². The fraction of sp³-hybridized carbons (Fsp3) is 0.0667. The summed E-state index contributed by atoms with van der Waals surface area (Å²) in [4.78, 5) is 12.1. The Kier molecular flexibility index (Phi) is 3.42. The third-order valence-corrected chi connectivity index (χ3v) is 3.03. The van der Waals surface area contributed by atoms with E-state index >= 15 is 0 Å². The molecule has 0 saturated heterocycles. The lowest BCUT2D eigenvalue weighted by molar-refractivity contribution is 0.0734. The van der Waals surface area contributed by atoms with Gasteiger partial charge in [-0.15, -0.1) is 5.10 Å². The highest BCUT2D eigenvalue weighted by Crippen LogP contribution is 2.17. The van der Waals surface area contributed by atoms with Crippen molar-refractivity contribution < 1.29 is 9.53 Å². The highest BCUT2D eigenvalue weighted by Gasteiger charge is 2.10. The van der Waals surface area contributed by atoms with E-state index in [1.807, 2.05) is 25.1 Å². The maximum absolute atomic E-state index is 12.1. The second-order valence-corrected chi connectivity index (χ2v) is 4.45. The molecule has 0 atom stereocenters. The van der Waals surface area contributed by atoms with E-state index in [9.17, 15) is 4.79 Å². The Morgan fingerprint density at radius 3 is 2.52 bits per heavy atom. The number of aromatic nitrogens is 4. The smallest absolute Gasteiger partial charge is 0.343 e. The highest BCUT2D eigenvalue weighted by molar-refractivity contribution is 5.92. The van der Waals surface area contributed by atoms with E-state index in [0.717, 1.165) is 11.3 Å². The summed E-state index contributed by atoms with van der Waals surface area (Å²) in [7, 11) is 0. The minimum absolute atomic E-state index is 0.372. The van der Waals surface area contributed by atoms with Crippen LogP contribution >= 0.6 is 0 Å². The van der Waals surface area contributed by atoms with Gasteiger partial charge in [0.25, 0.3) is 0 Å². The third kappa shape index (κ3) is 2.79. The number of aryl methyl sites for hydroxylation is 1. The topological polar surface area (TPSA) is 69.9 Å². The second kappa shape index (κ2) is 5.54. The van der Waals surface area contributed by atoms with Crippen LogP contribution in [0.4, 0.5) is 0 Å². The van der Waals surface area contributed by atoms with Gasteiger partial charge >= 0.3 is 5.97 Å². The maximum Gasteiger partial charge on any atom is 0.343 e. The predicted octanol–water partition coefficient (Wildman–Crippen LogP) is 2.19. The van der Waals surface area contributed by atoms with Crippen LogP contribution in [0, 0.1) is 6.92 Å². The number of esters is 1. The van der Waals surface area contributed by atoms with Crippen LogP contribution in [0.25, 0.3) is 5.69 Å². The number of carbonyl (C=O) groups is 1. The van der Waals surface area contributed by atoms with E-state index in [-0.39, 0.29) is 5.97 Å². The van der Waals surface area contributed by atoms with Gasteiger partial charge in [0.1, 0.15) is 12.1 Å². The van der Waals surface area contributed by atoms with Gasteiger partial charge in [0.2, 0.25) is 0 Å². The van der Waals surface area contributed by atoms with Crippen molar-refractivity contribution in [3.63, 3.8) is 0 Å². The molecule has 104 valence electrons. The first-order chi connectivity index (χ1) is 10.2. The molecule has 0 radical (unpaired) electrons. The number of rotatable bonds is 3. The van der Waals surface area contributed by atoms with Crippen LogP contribution < -0.4 is 4.74 Å². The van der Waals surface area contributed by atoms with Crippen molar-refractivity contribution in [2.75, 3.05) is 0 Å². The lowest BCUT2D eigenvalue weighted by atomic mass is 10.1. The van der Waals surface area contributed by atoms with Crippen molar-refractivity contribution in [3.05, 3.63) is 66.0 Å². The minimum atomic E-state index is -0.372. The predicted molar refractivity (Wildman–Crippen MR) is 75.3 cm³/mol. The molecule has 0 unspecified atom stereocenters. The quantitative estimate of drug-likeness (QED) is 0.543. The van der Waals surface area contributed by atoms with Crippen LogP contribution in [-0.2, 0) is 0 Å². The van der Waals surface area contributed by atoms with E-state index in [0.29, 0.717) is 11.3 Å². The Morgan fingerprint density at radius 2 is 1.86 bits per heavy atom. The minimum Gasteiger partial charge on any atom is -0.423 e. The van der Waals surface area contributed by atoms with Gasteiger partial charge < -0.3 is 4.74 Å². The zero-order valence-electron chi connectivity index (χ0n) is 11.3. The first-order valence-electron chi connectivity index (χ1n) is 6.35. The van der Waals surface area contributed by atoms with Crippen LogP contribution in [0.5, 0.6) is 5.75 Å². The molecule has 0 aliphatic rings. The largest absolute Gasteiger partial charge is 0.423 e. The molecule has 1 aromatic heterocycles. The number of nitrogens with zero attached hydrogens (tertiary/aromatic N) is 4. The van der Waals surface area contributed by atoms with E-state index in [2.05, 4.69) is 15.5 Å². The normalized spacial score (nSPS) is 10.3. The molecule has 0 aliphatic carbocycles. The van der Waals surface area contributed by atoms with Crippen molar-refractivity contribution >= 4 is 5.97 Å². The molecule has 6 heteroatoms. The van der Waals surface area contributed by atoms with Gasteiger partial charge in [-0.25, -0.2) is 9.48 Å². The lowest BCUT2D eigenvalue weighted by Crippen LogP contribution is -2.10. The number of benzene rings is 2. The summed E-state index contributed by atoms with van der Waals surface area (Å²) < 4.78 is 6.87. The summed E-state index contributed by atoms with van der Waals surface area (Å²) >= 11 is 0. The first-order valence-corrected chi connectivity index (χ1v) is 6.35. The van der Waals surface area contributed by atoms with E-state index in [4.69, 9.17) is 4.74 Å². The summed E-state index contributed by atoms with van der Waals surface area (Å²) in [5.41, 5.74) is 2.23. The molecule has 0 bridgehead atoms. The Morgan fingerprint density at radius 1 is 1.10 bits per heavy atom. The average Bonchev–Trinajstić information content (AvgIpc) is 3.02. The van der Waals surface area contributed by atoms with Gasteiger partial charge in [-0.05, 0) is 53.2 Å². The van der Waals surface area contributed by atoms with Crippen LogP contribution in [0.3, 0.4) is 0 Å². The Bertz CT molecular complexity index is 752. The summed E-state index contributed by atoms with van der Waals surface area (Å²) in [5.74, 6) is 0.100. The molecule has 0 aliphatic heterocycles. The summed E-state index contributed by atoms with van der Waals surface area (Å²) in [5, 5.41) is 10.9. The van der Waals surface area contributed by atoms with Crippen molar-refractivity contribution in [1.29, 1.82) is 0 Å². The summed E-state index contributed by atoms with van der Waals surface area (Å²) in [6.07, 6.45) is 1.49. The van der Waals surface area contributed by atoms with E-state index < -0.39 is 0 Å². The Balaban J connectivity index is 1.77. The van der Waals surface area contributed by atoms with Crippen molar-refractivity contribution in [2.24, 2.45) is 0 Å². The number of hydrogen-bond donors (Lipinski definition) is 0. The molecule has 1 heterocycles. The first kappa shape index (κ1) is 13.0. The lowest BCUT2D eigenvalue weighted by Gasteiger charge is -2.07. The number of hydrogen-bond acceptors (Lipinski definition) is 5. The molecule has 2 aromatic carbocycles. The Hall–Kier alpha value is -3.02. The van der Waals surface area contributed by atoms with Gasteiger partial charge in [-0.3, -0.25) is 0 Å². The molecule has 0 N–H and O–H groups in total.